The predicted octanol–water partition coefficient (Wildman–Crippen LogP) is 2.93. The zero-order valence-corrected chi connectivity index (χ0v) is 15.4. The lowest BCUT2D eigenvalue weighted by Gasteiger charge is -2.32. The summed E-state index contributed by atoms with van der Waals surface area (Å²) in [7, 11) is 0. The summed E-state index contributed by atoms with van der Waals surface area (Å²) in [4.78, 5) is 14.4. The van der Waals surface area contributed by atoms with Crippen molar-refractivity contribution in [3.8, 4) is 5.75 Å². The van der Waals surface area contributed by atoms with E-state index >= 15 is 0 Å². The monoisotopic (exact) mass is 372 g/mol. The number of nitrogens with zero attached hydrogens (tertiary/aromatic N) is 4. The van der Waals surface area contributed by atoms with Gasteiger partial charge in [-0.05, 0) is 49.9 Å². The highest BCUT2D eigenvalue weighted by molar-refractivity contribution is 5.78. The number of carbonyl (C=O) groups is 1. The molecule has 0 saturated carbocycles. The van der Waals surface area contributed by atoms with E-state index < -0.39 is 0 Å². The van der Waals surface area contributed by atoms with Crippen molar-refractivity contribution in [1.29, 1.82) is 0 Å². The van der Waals surface area contributed by atoms with Crippen LogP contribution in [-0.2, 0) is 17.8 Å². The van der Waals surface area contributed by atoms with Gasteiger partial charge in [-0.2, -0.15) is 0 Å². The van der Waals surface area contributed by atoms with E-state index in [0.717, 1.165) is 44.0 Å². The van der Waals surface area contributed by atoms with E-state index in [1.807, 2.05) is 4.90 Å². The molecule has 2 aliphatic heterocycles. The van der Waals surface area contributed by atoms with Crippen molar-refractivity contribution in [3.05, 3.63) is 41.7 Å². The SMILES string of the molecule is O=C(COc1ccc(F)cc1)N1CCCC(c2nnc3n2CCCCC3)C1. The third-order valence-electron chi connectivity index (χ3n) is 5.45. The third-order valence-corrected chi connectivity index (χ3v) is 5.45. The van der Waals surface area contributed by atoms with Gasteiger partial charge < -0.3 is 14.2 Å². The largest absolute Gasteiger partial charge is 0.484 e. The molecule has 27 heavy (non-hydrogen) atoms. The summed E-state index contributed by atoms with van der Waals surface area (Å²) in [5.41, 5.74) is 0. The topological polar surface area (TPSA) is 60.2 Å². The van der Waals surface area contributed by atoms with Gasteiger partial charge in [0.25, 0.3) is 5.91 Å². The molecule has 1 aromatic carbocycles. The summed E-state index contributed by atoms with van der Waals surface area (Å²) in [6.45, 7) is 2.35. The number of amides is 1. The molecular weight excluding hydrogens is 347 g/mol. The van der Waals surface area contributed by atoms with Crippen LogP contribution in [0, 0.1) is 5.82 Å². The van der Waals surface area contributed by atoms with Crippen LogP contribution in [0.5, 0.6) is 5.75 Å². The van der Waals surface area contributed by atoms with Gasteiger partial charge in [0.1, 0.15) is 23.2 Å². The second-order valence-corrected chi connectivity index (χ2v) is 7.36. The van der Waals surface area contributed by atoms with Crippen LogP contribution in [-0.4, -0.2) is 45.3 Å². The molecule has 0 N–H and O–H groups in total. The van der Waals surface area contributed by atoms with Crippen molar-refractivity contribution in [1.82, 2.24) is 19.7 Å². The zero-order valence-electron chi connectivity index (χ0n) is 15.4. The fourth-order valence-corrected chi connectivity index (χ4v) is 3.99. The van der Waals surface area contributed by atoms with Crippen molar-refractivity contribution in [3.63, 3.8) is 0 Å². The van der Waals surface area contributed by atoms with Crippen LogP contribution < -0.4 is 4.74 Å². The molecule has 6 nitrogen and oxygen atoms in total. The number of hydrogen-bond donors (Lipinski definition) is 0. The highest BCUT2D eigenvalue weighted by Crippen LogP contribution is 2.28. The predicted molar refractivity (Wildman–Crippen MR) is 98.0 cm³/mol. The molecule has 1 saturated heterocycles. The van der Waals surface area contributed by atoms with Gasteiger partial charge in [-0.3, -0.25) is 4.79 Å². The van der Waals surface area contributed by atoms with Crippen LogP contribution in [0.2, 0.25) is 0 Å². The Morgan fingerprint density at radius 1 is 1.11 bits per heavy atom. The summed E-state index contributed by atoms with van der Waals surface area (Å²) in [6, 6.07) is 5.72. The average molecular weight is 372 g/mol. The third kappa shape index (κ3) is 4.12. The summed E-state index contributed by atoms with van der Waals surface area (Å²) in [6.07, 6.45) is 6.55. The number of aromatic nitrogens is 3. The number of rotatable bonds is 4. The molecule has 3 heterocycles. The maximum atomic E-state index is 13.0. The van der Waals surface area contributed by atoms with Gasteiger partial charge in [0.15, 0.2) is 6.61 Å². The first kappa shape index (κ1) is 17.9. The van der Waals surface area contributed by atoms with Gasteiger partial charge in [0.05, 0.1) is 0 Å². The normalized spacial score (nSPS) is 20.0. The Hall–Kier alpha value is -2.44. The lowest BCUT2D eigenvalue weighted by atomic mass is 9.97. The summed E-state index contributed by atoms with van der Waals surface area (Å²) in [5, 5.41) is 8.87. The van der Waals surface area contributed by atoms with Crippen LogP contribution >= 0.6 is 0 Å². The molecule has 4 rings (SSSR count). The highest BCUT2D eigenvalue weighted by Gasteiger charge is 2.29. The number of carbonyl (C=O) groups excluding carboxylic acids is 1. The van der Waals surface area contributed by atoms with Crippen LogP contribution in [0.25, 0.3) is 0 Å². The number of hydrogen-bond acceptors (Lipinski definition) is 4. The molecule has 1 fully saturated rings. The molecule has 1 aromatic heterocycles. The van der Waals surface area contributed by atoms with E-state index in [1.54, 1.807) is 0 Å². The maximum absolute atomic E-state index is 13.0. The lowest BCUT2D eigenvalue weighted by Crippen LogP contribution is -2.42. The van der Waals surface area contributed by atoms with E-state index in [0.29, 0.717) is 12.3 Å². The van der Waals surface area contributed by atoms with Crippen molar-refractivity contribution in [2.75, 3.05) is 19.7 Å². The number of ether oxygens (including phenoxy) is 1. The lowest BCUT2D eigenvalue weighted by molar-refractivity contribution is -0.134. The van der Waals surface area contributed by atoms with E-state index in [4.69, 9.17) is 4.74 Å². The Labute approximate surface area is 158 Å². The number of benzene rings is 1. The molecular formula is C20H25FN4O2. The van der Waals surface area contributed by atoms with E-state index in [1.165, 1.54) is 43.5 Å². The van der Waals surface area contributed by atoms with E-state index in [9.17, 15) is 9.18 Å². The smallest absolute Gasteiger partial charge is 0.260 e. The van der Waals surface area contributed by atoms with Gasteiger partial charge in [-0.1, -0.05) is 6.42 Å². The molecule has 0 radical (unpaired) electrons. The van der Waals surface area contributed by atoms with Crippen LogP contribution in [0.4, 0.5) is 4.39 Å². The fraction of sp³-hybridized carbons (Fsp3) is 0.550. The zero-order chi connectivity index (χ0) is 18.6. The average Bonchev–Trinajstić information content (AvgIpc) is 2.96. The number of piperidine rings is 1. The Balaban J connectivity index is 1.38. The number of halogens is 1. The van der Waals surface area contributed by atoms with Gasteiger partial charge >= 0.3 is 0 Å². The first-order valence-corrected chi connectivity index (χ1v) is 9.79. The highest BCUT2D eigenvalue weighted by atomic mass is 19.1. The number of likely N-dealkylation sites (tertiary alicyclic amines) is 1. The van der Waals surface area contributed by atoms with Gasteiger partial charge in [-0.25, -0.2) is 4.39 Å². The molecule has 0 spiro atoms. The molecule has 0 bridgehead atoms. The molecule has 1 unspecified atom stereocenters. The molecule has 1 atom stereocenters. The fourth-order valence-electron chi connectivity index (χ4n) is 3.99. The maximum Gasteiger partial charge on any atom is 0.260 e. The van der Waals surface area contributed by atoms with Crippen molar-refractivity contribution < 1.29 is 13.9 Å². The summed E-state index contributed by atoms with van der Waals surface area (Å²) < 4.78 is 20.8. The molecule has 2 aromatic rings. The van der Waals surface area contributed by atoms with E-state index in [-0.39, 0.29) is 24.2 Å². The number of fused-ring (bicyclic) bond motifs is 1. The van der Waals surface area contributed by atoms with E-state index in [2.05, 4.69) is 14.8 Å². The quantitative estimate of drug-likeness (QED) is 0.828. The number of aryl methyl sites for hydroxylation is 1. The standard InChI is InChI=1S/C20H25FN4O2/c21-16-7-9-17(10-8-16)27-14-19(26)24-11-4-5-15(13-24)20-23-22-18-6-2-1-3-12-25(18)20/h7-10,15H,1-6,11-14H2. The molecule has 7 heteroatoms. The first-order chi connectivity index (χ1) is 13.2. The Bertz CT molecular complexity index is 790. The minimum absolute atomic E-state index is 0.0315. The molecule has 1 amide bonds. The summed E-state index contributed by atoms with van der Waals surface area (Å²) in [5.74, 6) is 2.49. The minimum atomic E-state index is -0.319. The Kier molecular flexibility index (Phi) is 5.36. The Morgan fingerprint density at radius 2 is 1.96 bits per heavy atom. The van der Waals surface area contributed by atoms with Crippen LogP contribution in [0.15, 0.2) is 24.3 Å². The van der Waals surface area contributed by atoms with Gasteiger partial charge in [0, 0.05) is 32.0 Å². The second kappa shape index (κ2) is 8.06. The minimum Gasteiger partial charge on any atom is -0.484 e. The molecule has 144 valence electrons. The first-order valence-electron chi connectivity index (χ1n) is 9.79. The van der Waals surface area contributed by atoms with Crippen molar-refractivity contribution in [2.24, 2.45) is 0 Å². The molecule has 0 aliphatic carbocycles. The van der Waals surface area contributed by atoms with Crippen LogP contribution in [0.3, 0.4) is 0 Å². The van der Waals surface area contributed by atoms with Crippen LogP contribution in [0.1, 0.15) is 49.7 Å². The Morgan fingerprint density at radius 3 is 2.81 bits per heavy atom. The second-order valence-electron chi connectivity index (χ2n) is 7.36. The summed E-state index contributed by atoms with van der Waals surface area (Å²) >= 11 is 0. The van der Waals surface area contributed by atoms with Crippen molar-refractivity contribution in [2.45, 2.75) is 51.0 Å². The van der Waals surface area contributed by atoms with Gasteiger partial charge in [0.2, 0.25) is 0 Å². The molecule has 2 aliphatic rings. The van der Waals surface area contributed by atoms with Crippen molar-refractivity contribution >= 4 is 5.91 Å². The van der Waals surface area contributed by atoms with Gasteiger partial charge in [-0.15, -0.1) is 10.2 Å².